The lowest BCUT2D eigenvalue weighted by atomic mass is 9.85. The van der Waals surface area contributed by atoms with Crippen molar-refractivity contribution < 1.29 is 38.1 Å². The van der Waals surface area contributed by atoms with E-state index in [1.807, 2.05) is 87.5 Å². The standard InChI is InChI=1S/C37H43N3O8/c1-37(2,3)48-36(44)40-20-29-23-45-24-30(21-40)33(29)47-35(43)39-32(26-9-5-4-6-10-26)28-11-7-12-31(19-28)46-22-25-13-15-27(16-14-25)34(42)38-17-8-18-41/h4-7,9-16,18-19,29-30,32-33H,8,17,20-24H2,1-3H3,(H,38,42)(H,39,43). The molecule has 3 unspecified atom stereocenters. The molecular formula is C37H43N3O8. The SMILES string of the molecule is CC(C)(C)OC(=O)N1CC2COCC(C1)C2OC(=O)NC(c1ccccc1)c1cccc(OCc2ccc(C(=O)NCCC=O)cc2)c1. The summed E-state index contributed by atoms with van der Waals surface area (Å²) in [5.41, 5.74) is 2.45. The van der Waals surface area contributed by atoms with E-state index in [9.17, 15) is 19.2 Å². The first-order chi connectivity index (χ1) is 23.1. The van der Waals surface area contributed by atoms with Crippen LogP contribution in [0.1, 0.15) is 60.3 Å². The number of fused-ring (bicyclic) bond motifs is 2. The summed E-state index contributed by atoms with van der Waals surface area (Å²) in [7, 11) is 0. The molecule has 2 aliphatic heterocycles. The number of piperidine rings is 1. The molecule has 2 aliphatic rings. The molecule has 2 heterocycles. The average molecular weight is 658 g/mol. The molecule has 0 aliphatic carbocycles. The zero-order valence-electron chi connectivity index (χ0n) is 27.6. The fraction of sp³-hybridized carbons (Fsp3) is 0.405. The Labute approximate surface area is 280 Å². The molecule has 3 aromatic rings. The van der Waals surface area contributed by atoms with Crippen LogP contribution in [0.15, 0.2) is 78.9 Å². The van der Waals surface area contributed by atoms with Gasteiger partial charge in [-0.05, 0) is 61.7 Å². The number of carbonyl (C=O) groups is 4. The molecule has 2 fully saturated rings. The summed E-state index contributed by atoms with van der Waals surface area (Å²) in [6.45, 7) is 7.60. The third-order valence-corrected chi connectivity index (χ3v) is 8.15. The maximum absolute atomic E-state index is 13.5. The van der Waals surface area contributed by atoms with Crippen molar-refractivity contribution >= 4 is 24.4 Å². The van der Waals surface area contributed by atoms with Gasteiger partial charge in [-0.25, -0.2) is 9.59 Å². The highest BCUT2D eigenvalue weighted by Gasteiger charge is 2.45. The van der Waals surface area contributed by atoms with E-state index in [4.69, 9.17) is 18.9 Å². The van der Waals surface area contributed by atoms with E-state index in [1.165, 1.54) is 0 Å². The van der Waals surface area contributed by atoms with Gasteiger partial charge >= 0.3 is 12.2 Å². The van der Waals surface area contributed by atoms with Crippen LogP contribution in [0.2, 0.25) is 0 Å². The van der Waals surface area contributed by atoms with Gasteiger partial charge in [0.05, 0.1) is 19.3 Å². The van der Waals surface area contributed by atoms with Crippen LogP contribution in [0, 0.1) is 11.8 Å². The number of hydrogen-bond donors (Lipinski definition) is 2. The molecule has 0 aromatic heterocycles. The molecule has 3 atom stereocenters. The quantitative estimate of drug-likeness (QED) is 0.210. The number of rotatable bonds is 11. The molecule has 2 saturated heterocycles. The van der Waals surface area contributed by atoms with Crippen molar-refractivity contribution in [1.82, 2.24) is 15.5 Å². The number of nitrogens with one attached hydrogen (secondary N) is 2. The van der Waals surface area contributed by atoms with Gasteiger partial charge in [0.25, 0.3) is 5.91 Å². The second kappa shape index (κ2) is 15.8. The first-order valence-corrected chi connectivity index (χ1v) is 16.2. The van der Waals surface area contributed by atoms with Gasteiger partial charge in [-0.3, -0.25) is 4.79 Å². The summed E-state index contributed by atoms with van der Waals surface area (Å²) >= 11 is 0. The minimum atomic E-state index is -0.602. The molecule has 11 nitrogen and oxygen atoms in total. The molecule has 0 spiro atoms. The maximum atomic E-state index is 13.5. The Morgan fingerprint density at radius 2 is 1.62 bits per heavy atom. The topological polar surface area (TPSA) is 132 Å². The second-order valence-corrected chi connectivity index (χ2v) is 13.1. The van der Waals surface area contributed by atoms with E-state index in [2.05, 4.69) is 10.6 Å². The van der Waals surface area contributed by atoms with E-state index in [1.54, 1.807) is 17.0 Å². The molecule has 5 rings (SSSR count). The predicted octanol–water partition coefficient (Wildman–Crippen LogP) is 5.28. The summed E-state index contributed by atoms with van der Waals surface area (Å²) in [5.74, 6) is 0.0282. The molecule has 3 aromatic carbocycles. The second-order valence-electron chi connectivity index (χ2n) is 13.1. The van der Waals surface area contributed by atoms with E-state index >= 15 is 0 Å². The Hall–Kier alpha value is -4.90. The van der Waals surface area contributed by atoms with Crippen molar-refractivity contribution in [2.45, 2.75) is 51.5 Å². The van der Waals surface area contributed by atoms with Crippen molar-refractivity contribution in [1.29, 1.82) is 0 Å². The summed E-state index contributed by atoms with van der Waals surface area (Å²) in [6, 6.07) is 23.7. The predicted molar refractivity (Wildman–Crippen MR) is 178 cm³/mol. The number of likely N-dealkylation sites (tertiary alicyclic amines) is 1. The van der Waals surface area contributed by atoms with Crippen LogP contribution >= 0.6 is 0 Å². The van der Waals surface area contributed by atoms with Gasteiger partial charge in [-0.1, -0.05) is 54.6 Å². The van der Waals surface area contributed by atoms with Crippen LogP contribution in [-0.2, 0) is 25.6 Å². The number of nitrogens with zero attached hydrogens (tertiary/aromatic N) is 1. The van der Waals surface area contributed by atoms with Gasteiger partial charge in [0, 0.05) is 43.5 Å². The van der Waals surface area contributed by atoms with Gasteiger partial charge < -0.3 is 39.3 Å². The monoisotopic (exact) mass is 657 g/mol. The first-order valence-electron chi connectivity index (χ1n) is 16.2. The van der Waals surface area contributed by atoms with E-state index < -0.39 is 23.8 Å². The van der Waals surface area contributed by atoms with Crippen LogP contribution in [0.3, 0.4) is 0 Å². The summed E-state index contributed by atoms with van der Waals surface area (Å²) in [5, 5.41) is 5.77. The van der Waals surface area contributed by atoms with Gasteiger partial charge in [0.15, 0.2) is 0 Å². The number of benzene rings is 3. The molecule has 2 N–H and O–H groups in total. The largest absolute Gasteiger partial charge is 0.489 e. The van der Waals surface area contributed by atoms with Gasteiger partial charge in [-0.15, -0.1) is 0 Å². The lowest BCUT2D eigenvalue weighted by molar-refractivity contribution is -0.124. The van der Waals surface area contributed by atoms with Crippen LogP contribution in [0.4, 0.5) is 9.59 Å². The smallest absolute Gasteiger partial charge is 0.410 e. The van der Waals surface area contributed by atoms with E-state index in [-0.39, 0.29) is 36.9 Å². The Kier molecular flexibility index (Phi) is 11.3. The van der Waals surface area contributed by atoms with Crippen molar-refractivity contribution in [3.05, 3.63) is 101 Å². The highest BCUT2D eigenvalue weighted by molar-refractivity contribution is 5.94. The van der Waals surface area contributed by atoms with Crippen molar-refractivity contribution in [3.63, 3.8) is 0 Å². The van der Waals surface area contributed by atoms with Crippen LogP contribution in [0.5, 0.6) is 5.75 Å². The summed E-state index contributed by atoms with van der Waals surface area (Å²) in [4.78, 5) is 50.7. The van der Waals surface area contributed by atoms with Crippen molar-refractivity contribution in [3.8, 4) is 5.75 Å². The third-order valence-electron chi connectivity index (χ3n) is 8.15. The summed E-state index contributed by atoms with van der Waals surface area (Å²) in [6.07, 6.45) is -0.303. The Morgan fingerprint density at radius 1 is 0.938 bits per heavy atom. The number of carbonyl (C=O) groups excluding carboxylic acids is 4. The number of alkyl carbamates (subject to hydrolysis) is 1. The normalized spacial score (nSPS) is 19.4. The van der Waals surface area contributed by atoms with Crippen LogP contribution in [0.25, 0.3) is 0 Å². The molecule has 0 radical (unpaired) electrons. The maximum Gasteiger partial charge on any atom is 0.410 e. The minimum Gasteiger partial charge on any atom is -0.489 e. The molecule has 254 valence electrons. The number of hydrogen-bond acceptors (Lipinski definition) is 8. The average Bonchev–Trinajstić information content (AvgIpc) is 3.06. The molecule has 48 heavy (non-hydrogen) atoms. The Balaban J connectivity index is 1.23. The Morgan fingerprint density at radius 3 is 2.29 bits per heavy atom. The number of aldehydes is 1. The highest BCUT2D eigenvalue weighted by atomic mass is 16.6. The fourth-order valence-corrected chi connectivity index (χ4v) is 5.90. The zero-order chi connectivity index (χ0) is 34.1. The number of ether oxygens (including phenoxy) is 4. The Bertz CT molecular complexity index is 1540. The van der Waals surface area contributed by atoms with Crippen LogP contribution < -0.4 is 15.4 Å². The van der Waals surface area contributed by atoms with Gasteiger partial charge in [0.1, 0.15) is 30.3 Å². The molecule has 3 amide bonds. The first kappa shape index (κ1) is 34.4. The van der Waals surface area contributed by atoms with Gasteiger partial charge in [-0.2, -0.15) is 0 Å². The van der Waals surface area contributed by atoms with Crippen molar-refractivity contribution in [2.75, 3.05) is 32.8 Å². The minimum absolute atomic E-state index is 0.173. The fourth-order valence-electron chi connectivity index (χ4n) is 5.90. The van der Waals surface area contributed by atoms with Gasteiger partial charge in [0.2, 0.25) is 0 Å². The molecule has 11 heteroatoms. The third kappa shape index (κ3) is 9.34. The lowest BCUT2D eigenvalue weighted by Crippen LogP contribution is -2.59. The molecular weight excluding hydrogens is 614 g/mol. The van der Waals surface area contributed by atoms with Crippen molar-refractivity contribution in [2.24, 2.45) is 11.8 Å². The molecule has 0 saturated carbocycles. The van der Waals surface area contributed by atoms with E-state index in [0.29, 0.717) is 44.2 Å². The number of amides is 3. The molecule has 2 bridgehead atoms. The van der Waals surface area contributed by atoms with E-state index in [0.717, 1.165) is 23.0 Å². The zero-order valence-corrected chi connectivity index (χ0v) is 27.6. The van der Waals surface area contributed by atoms with Crippen LogP contribution in [-0.4, -0.2) is 73.8 Å². The lowest BCUT2D eigenvalue weighted by Gasteiger charge is -2.46. The summed E-state index contributed by atoms with van der Waals surface area (Å²) < 4.78 is 23.5. The highest BCUT2D eigenvalue weighted by Crippen LogP contribution is 2.32.